The molecule has 1 unspecified atom stereocenters. The van der Waals surface area contributed by atoms with Crippen LogP contribution in [0.5, 0.6) is 0 Å². The average Bonchev–Trinajstić information content (AvgIpc) is 2.86. The number of nitrogens with zero attached hydrogens (tertiary/aromatic N) is 2. The summed E-state index contributed by atoms with van der Waals surface area (Å²) in [5, 5.41) is 8.23. The zero-order valence-electron chi connectivity index (χ0n) is 13.7. The zero-order valence-corrected chi connectivity index (χ0v) is 13.7. The van der Waals surface area contributed by atoms with E-state index < -0.39 is 0 Å². The van der Waals surface area contributed by atoms with Gasteiger partial charge in [0.15, 0.2) is 0 Å². The van der Waals surface area contributed by atoms with Crippen LogP contribution in [-0.4, -0.2) is 16.3 Å². The van der Waals surface area contributed by atoms with E-state index in [-0.39, 0.29) is 0 Å². The van der Waals surface area contributed by atoms with Crippen LogP contribution >= 0.6 is 0 Å². The Morgan fingerprint density at radius 3 is 2.62 bits per heavy atom. The first-order valence-electron chi connectivity index (χ1n) is 8.02. The van der Waals surface area contributed by atoms with Gasteiger partial charge in [0.05, 0.1) is 5.69 Å². The topological polar surface area (TPSA) is 29.9 Å². The summed E-state index contributed by atoms with van der Waals surface area (Å²) >= 11 is 0. The third-order valence-electron chi connectivity index (χ3n) is 3.81. The van der Waals surface area contributed by atoms with Gasteiger partial charge in [0, 0.05) is 24.8 Å². The molecule has 0 bridgehead atoms. The summed E-state index contributed by atoms with van der Waals surface area (Å²) in [7, 11) is 2.00. The standard InChI is InChI=1S/C18H27N3/c1-5-9-18-17(13-21(4)20-18)16-11-8-7-10-15(16)14(3)19-12-6-2/h7-8,10-11,13-14,19H,5-6,9,12H2,1-4H3. The van der Waals surface area contributed by atoms with Crippen molar-refractivity contribution in [2.45, 2.75) is 46.1 Å². The average molecular weight is 285 g/mol. The first-order chi connectivity index (χ1) is 10.2. The zero-order chi connectivity index (χ0) is 15.2. The monoisotopic (exact) mass is 285 g/mol. The van der Waals surface area contributed by atoms with Crippen LogP contribution in [0.25, 0.3) is 11.1 Å². The first kappa shape index (κ1) is 15.8. The van der Waals surface area contributed by atoms with E-state index >= 15 is 0 Å². The van der Waals surface area contributed by atoms with Gasteiger partial charge in [0.1, 0.15) is 0 Å². The number of hydrogen-bond acceptors (Lipinski definition) is 2. The van der Waals surface area contributed by atoms with Crippen LogP contribution in [-0.2, 0) is 13.5 Å². The van der Waals surface area contributed by atoms with Gasteiger partial charge in [-0.15, -0.1) is 0 Å². The molecule has 114 valence electrons. The van der Waals surface area contributed by atoms with Crippen molar-refractivity contribution in [2.24, 2.45) is 7.05 Å². The molecule has 0 radical (unpaired) electrons. The van der Waals surface area contributed by atoms with E-state index in [9.17, 15) is 0 Å². The summed E-state index contributed by atoms with van der Waals surface area (Å²) in [6.07, 6.45) is 5.45. The Balaban J connectivity index is 2.40. The minimum Gasteiger partial charge on any atom is -0.310 e. The minimum atomic E-state index is 0.357. The van der Waals surface area contributed by atoms with Crippen LogP contribution in [0, 0.1) is 0 Å². The molecule has 1 heterocycles. The van der Waals surface area contributed by atoms with Crippen LogP contribution in [0.1, 0.15) is 50.9 Å². The SMILES string of the molecule is CCCNC(C)c1ccccc1-c1cn(C)nc1CCC. The molecule has 21 heavy (non-hydrogen) atoms. The summed E-state index contributed by atoms with van der Waals surface area (Å²) < 4.78 is 1.93. The molecule has 3 heteroatoms. The highest BCUT2D eigenvalue weighted by atomic mass is 15.2. The maximum atomic E-state index is 4.64. The maximum absolute atomic E-state index is 4.64. The van der Waals surface area contributed by atoms with Crippen molar-refractivity contribution in [3.8, 4) is 11.1 Å². The lowest BCUT2D eigenvalue weighted by molar-refractivity contribution is 0.571. The first-order valence-corrected chi connectivity index (χ1v) is 8.02. The summed E-state index contributed by atoms with van der Waals surface area (Å²) in [6, 6.07) is 9.05. The van der Waals surface area contributed by atoms with E-state index in [2.05, 4.69) is 61.6 Å². The van der Waals surface area contributed by atoms with E-state index in [1.165, 1.54) is 22.4 Å². The second kappa shape index (κ2) is 7.41. The molecular formula is C18H27N3. The Labute approximate surface area is 128 Å². The lowest BCUT2D eigenvalue weighted by atomic mass is 9.95. The molecule has 1 aromatic carbocycles. The highest BCUT2D eigenvalue weighted by Crippen LogP contribution is 2.30. The number of benzene rings is 1. The quantitative estimate of drug-likeness (QED) is 0.830. The Kier molecular flexibility index (Phi) is 5.57. The van der Waals surface area contributed by atoms with Gasteiger partial charge in [-0.3, -0.25) is 4.68 Å². The van der Waals surface area contributed by atoms with Crippen LogP contribution in [0.2, 0.25) is 0 Å². The van der Waals surface area contributed by atoms with Crippen molar-refractivity contribution < 1.29 is 0 Å². The fraction of sp³-hybridized carbons (Fsp3) is 0.500. The van der Waals surface area contributed by atoms with Gasteiger partial charge in [0.2, 0.25) is 0 Å². The van der Waals surface area contributed by atoms with E-state index in [4.69, 9.17) is 0 Å². The number of aryl methyl sites for hydroxylation is 2. The molecule has 0 saturated carbocycles. The predicted molar refractivity (Wildman–Crippen MR) is 89.3 cm³/mol. The highest BCUT2D eigenvalue weighted by Gasteiger charge is 2.15. The summed E-state index contributed by atoms with van der Waals surface area (Å²) in [6.45, 7) is 7.69. The normalized spacial score (nSPS) is 12.6. The number of rotatable bonds is 7. The molecule has 0 aliphatic heterocycles. The van der Waals surface area contributed by atoms with Gasteiger partial charge in [-0.1, -0.05) is 44.5 Å². The number of aromatic nitrogens is 2. The highest BCUT2D eigenvalue weighted by molar-refractivity contribution is 5.69. The molecule has 0 fully saturated rings. The lowest BCUT2D eigenvalue weighted by Gasteiger charge is -2.17. The minimum absolute atomic E-state index is 0.357. The maximum Gasteiger partial charge on any atom is 0.0702 e. The predicted octanol–water partition coefficient (Wildman–Crippen LogP) is 4.10. The van der Waals surface area contributed by atoms with E-state index in [0.29, 0.717) is 6.04 Å². The molecule has 2 rings (SSSR count). The van der Waals surface area contributed by atoms with Crippen molar-refractivity contribution in [3.63, 3.8) is 0 Å². The molecule has 0 aliphatic carbocycles. The molecule has 2 aromatic rings. The lowest BCUT2D eigenvalue weighted by Crippen LogP contribution is -2.19. The van der Waals surface area contributed by atoms with Gasteiger partial charge in [-0.2, -0.15) is 5.10 Å². The van der Waals surface area contributed by atoms with Gasteiger partial charge in [0.25, 0.3) is 0 Å². The largest absolute Gasteiger partial charge is 0.310 e. The van der Waals surface area contributed by atoms with Crippen LogP contribution < -0.4 is 5.32 Å². The van der Waals surface area contributed by atoms with Crippen molar-refractivity contribution in [3.05, 3.63) is 41.7 Å². The smallest absolute Gasteiger partial charge is 0.0702 e. The van der Waals surface area contributed by atoms with Crippen molar-refractivity contribution >= 4 is 0 Å². The van der Waals surface area contributed by atoms with Gasteiger partial charge >= 0.3 is 0 Å². The third-order valence-corrected chi connectivity index (χ3v) is 3.81. The molecule has 0 saturated heterocycles. The molecule has 0 aliphatic rings. The molecule has 1 N–H and O–H groups in total. The molecule has 0 amide bonds. The fourth-order valence-corrected chi connectivity index (χ4v) is 2.77. The van der Waals surface area contributed by atoms with Crippen LogP contribution in [0.3, 0.4) is 0 Å². The summed E-state index contributed by atoms with van der Waals surface area (Å²) in [5.74, 6) is 0. The van der Waals surface area contributed by atoms with Crippen molar-refractivity contribution in [1.82, 2.24) is 15.1 Å². The van der Waals surface area contributed by atoms with Crippen LogP contribution in [0.4, 0.5) is 0 Å². The van der Waals surface area contributed by atoms with E-state index in [1.54, 1.807) is 0 Å². The molecular weight excluding hydrogens is 258 g/mol. The summed E-state index contributed by atoms with van der Waals surface area (Å²) in [4.78, 5) is 0. The van der Waals surface area contributed by atoms with Gasteiger partial charge in [-0.05, 0) is 37.4 Å². The summed E-state index contributed by atoms with van der Waals surface area (Å²) in [5.41, 5.74) is 5.15. The van der Waals surface area contributed by atoms with Crippen molar-refractivity contribution in [1.29, 1.82) is 0 Å². The molecule has 1 atom stereocenters. The fourth-order valence-electron chi connectivity index (χ4n) is 2.77. The van der Waals surface area contributed by atoms with Gasteiger partial charge in [-0.25, -0.2) is 0 Å². The Bertz CT molecular complexity index is 572. The van der Waals surface area contributed by atoms with Gasteiger partial charge < -0.3 is 5.32 Å². The molecule has 0 spiro atoms. The Morgan fingerprint density at radius 2 is 1.90 bits per heavy atom. The van der Waals surface area contributed by atoms with E-state index in [1.807, 2.05) is 11.7 Å². The second-order valence-corrected chi connectivity index (χ2v) is 5.68. The number of nitrogens with one attached hydrogen (secondary N) is 1. The van der Waals surface area contributed by atoms with Crippen LogP contribution in [0.15, 0.2) is 30.5 Å². The van der Waals surface area contributed by atoms with E-state index in [0.717, 1.165) is 25.8 Å². The second-order valence-electron chi connectivity index (χ2n) is 5.68. The Hall–Kier alpha value is -1.61. The number of hydrogen-bond donors (Lipinski definition) is 1. The third kappa shape index (κ3) is 3.73. The van der Waals surface area contributed by atoms with Crippen molar-refractivity contribution in [2.75, 3.05) is 6.54 Å². The molecule has 3 nitrogen and oxygen atoms in total. The molecule has 1 aromatic heterocycles. The Morgan fingerprint density at radius 1 is 1.14 bits per heavy atom.